The number of aryl methyl sites for hydroxylation is 1. The van der Waals surface area contributed by atoms with E-state index in [9.17, 15) is 24.3 Å². The molecular weight excluding hydrogens is 445 g/mol. The first kappa shape index (κ1) is 23.0. The number of aliphatic carboxylic acids is 1. The molecule has 14 heteroatoms. The molecule has 3 aliphatic heterocycles. The molecule has 3 amide bonds. The number of carboxylic acids is 1. The minimum Gasteiger partial charge on any atom is -0.543 e. The maximum Gasteiger partial charge on any atom is 1.00 e. The summed E-state index contributed by atoms with van der Waals surface area (Å²) in [5, 5.41) is 20.3. The van der Waals surface area contributed by atoms with Gasteiger partial charge in [0.25, 0.3) is 5.91 Å². The van der Waals surface area contributed by atoms with E-state index in [1.807, 2.05) is 6.92 Å². The Labute approximate surface area is 201 Å². The molecule has 0 saturated carbocycles. The smallest absolute Gasteiger partial charge is 0.543 e. The molecule has 2 saturated heterocycles. The van der Waals surface area contributed by atoms with Crippen LogP contribution >= 0.6 is 23.1 Å². The topological polar surface area (TPSA) is 159 Å². The molecule has 4 rings (SSSR count). The zero-order valence-electron chi connectivity index (χ0n) is 16.2. The minimum atomic E-state index is -1.52. The van der Waals surface area contributed by atoms with Crippen molar-refractivity contribution in [2.75, 3.05) is 18.9 Å². The number of piperidine rings is 1. The van der Waals surface area contributed by atoms with E-state index < -0.39 is 30.1 Å². The Kier molecular flexibility index (Phi) is 6.77. The Morgan fingerprint density at radius 1 is 1.37 bits per heavy atom. The van der Waals surface area contributed by atoms with Crippen molar-refractivity contribution in [2.45, 2.75) is 29.8 Å². The van der Waals surface area contributed by atoms with Crippen molar-refractivity contribution in [3.63, 3.8) is 0 Å². The Morgan fingerprint density at radius 2 is 2.10 bits per heavy atom. The van der Waals surface area contributed by atoms with Gasteiger partial charge in [0, 0.05) is 12.5 Å². The van der Waals surface area contributed by atoms with Crippen molar-refractivity contribution >= 4 is 47.0 Å². The van der Waals surface area contributed by atoms with Crippen molar-refractivity contribution in [3.05, 3.63) is 16.3 Å². The monoisotopic (exact) mass is 461 g/mol. The van der Waals surface area contributed by atoms with E-state index in [1.165, 1.54) is 28.0 Å². The van der Waals surface area contributed by atoms with E-state index in [0.717, 1.165) is 9.91 Å². The largest absolute Gasteiger partial charge is 1.00 e. The SMILES string of the molecule is Cc1nnc(SCC(=O)N2CCC3C(COC(N)=O)=C(C(=O)[O-])N4C(=O)[C@@H]2[C@@H]34)s1.[Na+]. The van der Waals surface area contributed by atoms with Gasteiger partial charge in [-0.25, -0.2) is 4.79 Å². The molecule has 1 unspecified atom stereocenters. The summed E-state index contributed by atoms with van der Waals surface area (Å²) < 4.78 is 5.44. The number of ether oxygens (including phenoxy) is 1. The molecule has 0 aromatic carbocycles. The molecule has 154 valence electrons. The summed E-state index contributed by atoms with van der Waals surface area (Å²) in [5.74, 6) is -2.44. The molecule has 3 aliphatic rings. The zero-order valence-corrected chi connectivity index (χ0v) is 19.8. The number of hydrogen-bond donors (Lipinski definition) is 1. The Hall–Kier alpha value is -1.67. The second-order valence-corrected chi connectivity index (χ2v) is 9.17. The quantitative estimate of drug-likeness (QED) is 0.250. The van der Waals surface area contributed by atoms with Gasteiger partial charge < -0.3 is 30.2 Å². The van der Waals surface area contributed by atoms with Crippen molar-refractivity contribution < 1.29 is 58.6 Å². The van der Waals surface area contributed by atoms with E-state index in [2.05, 4.69) is 10.2 Å². The third-order valence-electron chi connectivity index (χ3n) is 5.24. The number of amides is 3. The summed E-state index contributed by atoms with van der Waals surface area (Å²) in [7, 11) is 0. The van der Waals surface area contributed by atoms with Crippen LogP contribution in [0.3, 0.4) is 0 Å². The van der Waals surface area contributed by atoms with Gasteiger partial charge in [0.2, 0.25) is 5.91 Å². The Balaban J connectivity index is 0.00000256. The average Bonchev–Trinajstić information content (AvgIpc) is 3.23. The number of rotatable bonds is 6. The van der Waals surface area contributed by atoms with E-state index in [-0.39, 0.29) is 59.4 Å². The van der Waals surface area contributed by atoms with Gasteiger partial charge in [-0.15, -0.1) is 10.2 Å². The molecule has 1 aromatic rings. The van der Waals surface area contributed by atoms with Crippen LogP contribution < -0.4 is 40.4 Å². The minimum absolute atomic E-state index is 0. The van der Waals surface area contributed by atoms with E-state index in [1.54, 1.807) is 0 Å². The van der Waals surface area contributed by atoms with Crippen molar-refractivity contribution in [2.24, 2.45) is 11.7 Å². The van der Waals surface area contributed by atoms with Gasteiger partial charge in [-0.1, -0.05) is 23.1 Å². The maximum atomic E-state index is 12.7. The van der Waals surface area contributed by atoms with E-state index in [0.29, 0.717) is 22.9 Å². The zero-order chi connectivity index (χ0) is 20.9. The summed E-state index contributed by atoms with van der Waals surface area (Å²) in [4.78, 5) is 50.6. The maximum absolute atomic E-state index is 12.7. The fourth-order valence-corrected chi connectivity index (χ4v) is 5.85. The molecule has 11 nitrogen and oxygen atoms in total. The molecule has 0 bridgehead atoms. The van der Waals surface area contributed by atoms with Crippen molar-refractivity contribution in [3.8, 4) is 0 Å². The van der Waals surface area contributed by atoms with Crippen LogP contribution in [0.15, 0.2) is 15.6 Å². The normalized spacial score (nSPS) is 24.2. The third kappa shape index (κ3) is 3.84. The van der Waals surface area contributed by atoms with E-state index >= 15 is 0 Å². The molecule has 2 N–H and O–H groups in total. The number of β-lactam (4-membered cyclic amide) rings is 1. The predicted octanol–water partition coefficient (Wildman–Crippen LogP) is -4.52. The van der Waals surface area contributed by atoms with Gasteiger partial charge >= 0.3 is 35.7 Å². The fourth-order valence-electron chi connectivity index (χ4n) is 4.15. The molecule has 3 atom stereocenters. The molecule has 0 aliphatic carbocycles. The van der Waals surface area contributed by atoms with Crippen LogP contribution in [-0.2, 0) is 19.1 Å². The Bertz CT molecular complexity index is 952. The van der Waals surface area contributed by atoms with Gasteiger partial charge in [-0.3, -0.25) is 9.59 Å². The first-order valence-corrected chi connectivity index (χ1v) is 10.5. The van der Waals surface area contributed by atoms with E-state index in [4.69, 9.17) is 10.5 Å². The van der Waals surface area contributed by atoms with Crippen LogP contribution in [0.1, 0.15) is 11.4 Å². The van der Waals surface area contributed by atoms with Crippen LogP contribution in [0.5, 0.6) is 0 Å². The first-order chi connectivity index (χ1) is 13.8. The van der Waals surface area contributed by atoms with Crippen LogP contribution in [0, 0.1) is 12.8 Å². The van der Waals surface area contributed by atoms with Crippen molar-refractivity contribution in [1.29, 1.82) is 0 Å². The number of likely N-dealkylation sites (tertiary alicyclic amines) is 1. The number of aromatic nitrogens is 2. The second kappa shape index (κ2) is 8.83. The van der Waals surface area contributed by atoms with Crippen LogP contribution in [-0.4, -0.2) is 74.9 Å². The molecule has 4 heterocycles. The first-order valence-electron chi connectivity index (χ1n) is 8.71. The predicted molar refractivity (Wildman–Crippen MR) is 97.2 cm³/mol. The number of nitrogens with two attached hydrogens (primary N) is 1. The van der Waals surface area contributed by atoms with Gasteiger partial charge in [0.05, 0.1) is 23.5 Å². The van der Waals surface area contributed by atoms with Crippen LogP contribution in [0.25, 0.3) is 0 Å². The number of hydrogen-bond acceptors (Lipinski definition) is 10. The summed E-state index contributed by atoms with van der Waals surface area (Å²) in [6, 6.07) is -1.23. The van der Waals surface area contributed by atoms with Crippen molar-refractivity contribution in [1.82, 2.24) is 20.0 Å². The summed E-state index contributed by atoms with van der Waals surface area (Å²) in [6.07, 6.45) is -0.600. The number of carboxylic acid groups (broad SMARTS) is 1. The molecule has 0 spiro atoms. The van der Waals surface area contributed by atoms with Gasteiger partial charge in [-0.2, -0.15) is 0 Å². The summed E-state index contributed by atoms with van der Waals surface area (Å²) >= 11 is 2.63. The molecule has 30 heavy (non-hydrogen) atoms. The number of carbonyl (C=O) groups is 4. The van der Waals surface area contributed by atoms with Gasteiger partial charge in [0.15, 0.2) is 4.34 Å². The number of thioether (sulfide) groups is 1. The summed E-state index contributed by atoms with van der Waals surface area (Å²) in [6.45, 7) is 1.79. The second-order valence-electron chi connectivity index (χ2n) is 6.77. The standard InChI is InChI=1S/C16H17N5O6S2.Na/c1-6-18-19-16(29-6)28-5-9(22)20-3-2-7-8(4-27-15(17)26)11(14(24)25)21-10(7)12(20)13(21)23;/h7,10,12H,2-5H2,1H3,(H2,17,26)(H,24,25);/q;+1/p-1/t7?,10-,12+;/m1./s1. The molecule has 2 fully saturated rings. The third-order valence-corrected chi connectivity index (χ3v) is 7.20. The average molecular weight is 461 g/mol. The van der Waals surface area contributed by atoms with Gasteiger partial charge in [-0.05, 0) is 18.9 Å². The summed E-state index contributed by atoms with van der Waals surface area (Å²) in [5.41, 5.74) is 5.01. The van der Waals surface area contributed by atoms with Crippen LogP contribution in [0.2, 0.25) is 0 Å². The van der Waals surface area contributed by atoms with Crippen LogP contribution in [0.4, 0.5) is 4.79 Å². The fraction of sp³-hybridized carbons (Fsp3) is 0.500. The van der Waals surface area contributed by atoms with Gasteiger partial charge in [0.1, 0.15) is 17.7 Å². The number of primary amides is 1. The molecular formula is C16H16N5NaO6S2. The Morgan fingerprint density at radius 3 is 2.70 bits per heavy atom. The molecule has 0 radical (unpaired) electrons. The number of carbonyl (C=O) groups excluding carboxylic acids is 4. The molecule has 1 aromatic heterocycles. The number of nitrogens with zero attached hydrogens (tertiary/aromatic N) is 4.